The lowest BCUT2D eigenvalue weighted by molar-refractivity contribution is -0.133. The van der Waals surface area contributed by atoms with Crippen molar-refractivity contribution in [3.63, 3.8) is 0 Å². The van der Waals surface area contributed by atoms with Gasteiger partial charge in [0.15, 0.2) is 0 Å². The molecule has 108 valence electrons. The van der Waals surface area contributed by atoms with Gasteiger partial charge in [-0.3, -0.25) is 9.59 Å². The molecule has 0 aliphatic carbocycles. The van der Waals surface area contributed by atoms with E-state index >= 15 is 0 Å². The lowest BCUT2D eigenvalue weighted by Gasteiger charge is -2.29. The molecule has 1 heterocycles. The fourth-order valence-electron chi connectivity index (χ4n) is 2.33. The number of carbonyl (C=O) groups is 2. The van der Waals surface area contributed by atoms with Crippen LogP contribution in [-0.2, 0) is 4.79 Å². The van der Waals surface area contributed by atoms with E-state index in [4.69, 9.17) is 0 Å². The lowest BCUT2D eigenvalue weighted by Crippen LogP contribution is -2.48. The maximum absolute atomic E-state index is 12.8. The van der Waals surface area contributed by atoms with Crippen molar-refractivity contribution in [3.8, 4) is 0 Å². The quantitative estimate of drug-likeness (QED) is 0.919. The van der Waals surface area contributed by atoms with Crippen LogP contribution in [0.1, 0.15) is 36.5 Å². The molecule has 1 fully saturated rings. The molecule has 0 bridgehead atoms. The number of hydrogen-bond acceptors (Lipinski definition) is 2. The van der Waals surface area contributed by atoms with Crippen molar-refractivity contribution in [3.05, 3.63) is 35.6 Å². The number of carbonyl (C=O) groups excluding carboxylic acids is 2. The Morgan fingerprint density at radius 2 is 1.75 bits per heavy atom. The molecule has 0 saturated carbocycles. The van der Waals surface area contributed by atoms with E-state index in [0.717, 1.165) is 32.4 Å². The highest BCUT2D eigenvalue weighted by Gasteiger charge is 2.23. The molecule has 1 aliphatic heterocycles. The van der Waals surface area contributed by atoms with Crippen molar-refractivity contribution in [1.29, 1.82) is 0 Å². The number of nitrogens with one attached hydrogen (secondary N) is 1. The van der Waals surface area contributed by atoms with Gasteiger partial charge >= 0.3 is 0 Å². The van der Waals surface area contributed by atoms with Crippen LogP contribution in [-0.4, -0.2) is 35.8 Å². The van der Waals surface area contributed by atoms with Crippen LogP contribution in [0.3, 0.4) is 0 Å². The minimum absolute atomic E-state index is 0.0554. The van der Waals surface area contributed by atoms with Crippen LogP contribution in [0.4, 0.5) is 4.39 Å². The van der Waals surface area contributed by atoms with Crippen LogP contribution >= 0.6 is 0 Å². The molecule has 20 heavy (non-hydrogen) atoms. The largest absolute Gasteiger partial charge is 0.341 e. The predicted octanol–water partition coefficient (Wildman–Crippen LogP) is 1.96. The fourth-order valence-corrected chi connectivity index (χ4v) is 2.33. The molecule has 1 atom stereocenters. The molecular formula is C15H19FN2O2. The summed E-state index contributed by atoms with van der Waals surface area (Å²) in [6.07, 6.45) is 3.19. The topological polar surface area (TPSA) is 49.4 Å². The maximum atomic E-state index is 12.8. The van der Waals surface area contributed by atoms with Crippen molar-refractivity contribution in [2.45, 2.75) is 32.2 Å². The summed E-state index contributed by atoms with van der Waals surface area (Å²) in [4.78, 5) is 25.9. The molecule has 1 saturated heterocycles. The third-order valence-corrected chi connectivity index (χ3v) is 3.49. The van der Waals surface area contributed by atoms with Gasteiger partial charge in [-0.05, 0) is 50.5 Å². The van der Waals surface area contributed by atoms with E-state index in [2.05, 4.69) is 5.32 Å². The summed E-state index contributed by atoms with van der Waals surface area (Å²) < 4.78 is 12.8. The Morgan fingerprint density at radius 3 is 2.35 bits per heavy atom. The smallest absolute Gasteiger partial charge is 0.251 e. The highest BCUT2D eigenvalue weighted by atomic mass is 19.1. The number of rotatable bonds is 3. The van der Waals surface area contributed by atoms with Gasteiger partial charge in [0.05, 0.1) is 0 Å². The van der Waals surface area contributed by atoms with E-state index in [1.54, 1.807) is 11.8 Å². The molecule has 4 nitrogen and oxygen atoms in total. The van der Waals surface area contributed by atoms with Crippen molar-refractivity contribution in [2.75, 3.05) is 13.1 Å². The summed E-state index contributed by atoms with van der Waals surface area (Å²) in [5.74, 6) is -0.804. The number of halogens is 1. The van der Waals surface area contributed by atoms with Crippen molar-refractivity contribution in [1.82, 2.24) is 10.2 Å². The first-order valence-electron chi connectivity index (χ1n) is 6.93. The molecule has 1 aliphatic rings. The molecule has 1 aromatic carbocycles. The Balaban J connectivity index is 1.92. The van der Waals surface area contributed by atoms with E-state index in [1.165, 1.54) is 24.3 Å². The number of benzene rings is 1. The van der Waals surface area contributed by atoms with Crippen molar-refractivity contribution in [2.24, 2.45) is 0 Å². The Hall–Kier alpha value is -1.91. The van der Waals surface area contributed by atoms with Crippen LogP contribution in [0, 0.1) is 5.82 Å². The Labute approximate surface area is 118 Å². The number of amides is 2. The third kappa shape index (κ3) is 3.56. The second kappa shape index (κ2) is 6.50. The summed E-state index contributed by atoms with van der Waals surface area (Å²) >= 11 is 0. The number of likely N-dealkylation sites (tertiary alicyclic amines) is 1. The molecule has 2 amide bonds. The van der Waals surface area contributed by atoms with Gasteiger partial charge in [0.2, 0.25) is 5.91 Å². The SMILES string of the molecule is CC(NC(=O)c1ccc(F)cc1)C(=O)N1CCCCC1. The van der Waals surface area contributed by atoms with Gasteiger partial charge in [-0.15, -0.1) is 0 Å². The fraction of sp³-hybridized carbons (Fsp3) is 0.467. The first-order chi connectivity index (χ1) is 9.58. The van der Waals surface area contributed by atoms with Gasteiger partial charge in [0.1, 0.15) is 11.9 Å². The monoisotopic (exact) mass is 278 g/mol. The van der Waals surface area contributed by atoms with E-state index in [9.17, 15) is 14.0 Å². The molecule has 0 radical (unpaired) electrons. The third-order valence-electron chi connectivity index (χ3n) is 3.49. The summed E-state index contributed by atoms with van der Waals surface area (Å²) in [5.41, 5.74) is 0.352. The molecule has 1 N–H and O–H groups in total. The van der Waals surface area contributed by atoms with Gasteiger partial charge in [0.25, 0.3) is 5.91 Å². The highest BCUT2D eigenvalue weighted by molar-refractivity contribution is 5.97. The van der Waals surface area contributed by atoms with Gasteiger partial charge < -0.3 is 10.2 Å². The first-order valence-corrected chi connectivity index (χ1v) is 6.93. The summed E-state index contributed by atoms with van der Waals surface area (Å²) in [6.45, 7) is 3.20. The molecule has 2 rings (SSSR count). The number of nitrogens with zero attached hydrogens (tertiary/aromatic N) is 1. The lowest BCUT2D eigenvalue weighted by atomic mass is 10.1. The second-order valence-electron chi connectivity index (χ2n) is 5.09. The van der Waals surface area contributed by atoms with E-state index in [-0.39, 0.29) is 17.6 Å². The molecule has 0 aromatic heterocycles. The van der Waals surface area contributed by atoms with Crippen LogP contribution in [0.2, 0.25) is 0 Å². The zero-order chi connectivity index (χ0) is 14.5. The summed E-state index contributed by atoms with van der Waals surface area (Å²) in [7, 11) is 0. The summed E-state index contributed by atoms with van der Waals surface area (Å²) in [5, 5.41) is 2.66. The Kier molecular flexibility index (Phi) is 4.71. The normalized spacial score (nSPS) is 16.6. The molecule has 5 heteroatoms. The average molecular weight is 278 g/mol. The Morgan fingerprint density at radius 1 is 1.15 bits per heavy atom. The van der Waals surface area contributed by atoms with Crippen molar-refractivity contribution >= 4 is 11.8 Å². The van der Waals surface area contributed by atoms with Crippen LogP contribution < -0.4 is 5.32 Å². The Bertz CT molecular complexity index is 481. The average Bonchev–Trinajstić information content (AvgIpc) is 2.48. The minimum atomic E-state index is -0.564. The highest BCUT2D eigenvalue weighted by Crippen LogP contribution is 2.10. The van der Waals surface area contributed by atoms with Crippen molar-refractivity contribution < 1.29 is 14.0 Å². The maximum Gasteiger partial charge on any atom is 0.251 e. The van der Waals surface area contributed by atoms with Gasteiger partial charge in [-0.25, -0.2) is 4.39 Å². The van der Waals surface area contributed by atoms with Gasteiger partial charge in [-0.1, -0.05) is 0 Å². The zero-order valence-corrected chi connectivity index (χ0v) is 11.6. The van der Waals surface area contributed by atoms with E-state index in [1.807, 2.05) is 0 Å². The van der Waals surface area contributed by atoms with Gasteiger partial charge in [0, 0.05) is 18.7 Å². The molecule has 0 spiro atoms. The molecule has 1 aromatic rings. The van der Waals surface area contributed by atoms with Gasteiger partial charge in [-0.2, -0.15) is 0 Å². The molecule has 1 unspecified atom stereocenters. The minimum Gasteiger partial charge on any atom is -0.341 e. The summed E-state index contributed by atoms with van der Waals surface area (Å²) in [6, 6.07) is 4.70. The van der Waals surface area contributed by atoms with Crippen LogP contribution in [0.5, 0.6) is 0 Å². The first kappa shape index (κ1) is 14.5. The zero-order valence-electron chi connectivity index (χ0n) is 11.6. The van der Waals surface area contributed by atoms with Crippen LogP contribution in [0.25, 0.3) is 0 Å². The van der Waals surface area contributed by atoms with E-state index in [0.29, 0.717) is 5.56 Å². The molecular weight excluding hydrogens is 259 g/mol. The predicted molar refractivity (Wildman–Crippen MR) is 73.8 cm³/mol. The number of hydrogen-bond donors (Lipinski definition) is 1. The van der Waals surface area contributed by atoms with E-state index < -0.39 is 6.04 Å². The van der Waals surface area contributed by atoms with Crippen LogP contribution in [0.15, 0.2) is 24.3 Å². The second-order valence-corrected chi connectivity index (χ2v) is 5.09. The number of piperidine rings is 1. The standard InChI is InChI=1S/C15H19FN2O2/c1-11(15(20)18-9-3-2-4-10-18)17-14(19)12-5-7-13(16)8-6-12/h5-8,11H,2-4,9-10H2,1H3,(H,17,19).